The van der Waals surface area contributed by atoms with E-state index >= 15 is 0 Å². The van der Waals surface area contributed by atoms with E-state index in [9.17, 15) is 4.79 Å². The molecule has 1 amide bonds. The number of amides is 1. The van der Waals surface area contributed by atoms with Crippen molar-refractivity contribution in [1.82, 2.24) is 10.2 Å². The first kappa shape index (κ1) is 13.6. The smallest absolute Gasteiger partial charge is 0.236 e. The fraction of sp³-hybridized carbons (Fsp3) is 0.400. The van der Waals surface area contributed by atoms with Crippen LogP contribution in [-0.4, -0.2) is 43.6 Å². The Hall–Kier alpha value is -1.83. The maximum Gasteiger partial charge on any atom is 0.236 e. The molecule has 1 aliphatic heterocycles. The molecule has 1 fully saturated rings. The zero-order chi connectivity index (χ0) is 13.5. The molecule has 1 unspecified atom stereocenters. The van der Waals surface area contributed by atoms with Crippen LogP contribution in [0.4, 0.5) is 0 Å². The summed E-state index contributed by atoms with van der Waals surface area (Å²) in [5.74, 6) is 2.52. The number of nitrogens with zero attached hydrogens (tertiary/aromatic N) is 1. The zero-order valence-corrected chi connectivity index (χ0v) is 10.8. The highest BCUT2D eigenvalue weighted by Crippen LogP contribution is 2.21. The molecule has 0 aliphatic carbocycles. The molecule has 0 spiro atoms. The third-order valence-corrected chi connectivity index (χ3v) is 3.09. The number of carbonyl (C=O) groups is 1. The van der Waals surface area contributed by atoms with Crippen LogP contribution in [0.3, 0.4) is 0 Å². The van der Waals surface area contributed by atoms with Gasteiger partial charge in [-0.25, -0.2) is 0 Å². The van der Waals surface area contributed by atoms with Crippen LogP contribution >= 0.6 is 0 Å². The van der Waals surface area contributed by atoms with Crippen molar-refractivity contribution in [2.24, 2.45) is 0 Å². The van der Waals surface area contributed by atoms with E-state index in [2.05, 4.69) is 11.2 Å². The summed E-state index contributed by atoms with van der Waals surface area (Å²) >= 11 is 0. The highest BCUT2D eigenvalue weighted by atomic mass is 16.5. The van der Waals surface area contributed by atoms with Crippen molar-refractivity contribution in [3.8, 4) is 12.3 Å². The summed E-state index contributed by atoms with van der Waals surface area (Å²) in [6, 6.07) is 9.98. The standard InChI is InChI=1S/C15H18N2O2/c1-2-8-16-11-15(18)17-9-10-19-14(12-17)13-6-4-3-5-7-13/h1,3-7,14,16H,8-12H2. The molecule has 4 nitrogen and oxygen atoms in total. The summed E-state index contributed by atoms with van der Waals surface area (Å²) in [6.07, 6.45) is 5.10. The van der Waals surface area contributed by atoms with Gasteiger partial charge in [0.1, 0.15) is 6.10 Å². The topological polar surface area (TPSA) is 41.6 Å². The highest BCUT2D eigenvalue weighted by Gasteiger charge is 2.24. The van der Waals surface area contributed by atoms with E-state index in [4.69, 9.17) is 11.2 Å². The number of carbonyl (C=O) groups excluding carboxylic acids is 1. The number of terminal acetylenes is 1. The molecule has 0 bridgehead atoms. The van der Waals surface area contributed by atoms with Gasteiger partial charge in [-0.2, -0.15) is 0 Å². The van der Waals surface area contributed by atoms with Crippen molar-refractivity contribution in [2.45, 2.75) is 6.10 Å². The van der Waals surface area contributed by atoms with Gasteiger partial charge in [0, 0.05) is 6.54 Å². The normalized spacial score (nSPS) is 18.9. The van der Waals surface area contributed by atoms with Gasteiger partial charge in [-0.1, -0.05) is 36.3 Å². The van der Waals surface area contributed by atoms with Crippen molar-refractivity contribution in [3.05, 3.63) is 35.9 Å². The summed E-state index contributed by atoms with van der Waals surface area (Å²) in [4.78, 5) is 13.8. The number of rotatable bonds is 4. The van der Waals surface area contributed by atoms with Crippen molar-refractivity contribution in [2.75, 3.05) is 32.8 Å². The lowest BCUT2D eigenvalue weighted by Crippen LogP contribution is -2.45. The number of morpholine rings is 1. The zero-order valence-electron chi connectivity index (χ0n) is 10.8. The third-order valence-electron chi connectivity index (χ3n) is 3.09. The van der Waals surface area contributed by atoms with E-state index in [-0.39, 0.29) is 18.6 Å². The first-order chi connectivity index (χ1) is 9.31. The second-order valence-electron chi connectivity index (χ2n) is 4.42. The van der Waals surface area contributed by atoms with Gasteiger partial charge in [-0.3, -0.25) is 10.1 Å². The third kappa shape index (κ3) is 3.82. The number of nitrogens with one attached hydrogen (secondary N) is 1. The van der Waals surface area contributed by atoms with Crippen LogP contribution in [0.1, 0.15) is 11.7 Å². The van der Waals surface area contributed by atoms with Gasteiger partial charge in [-0.05, 0) is 5.56 Å². The predicted octanol–water partition coefficient (Wildman–Crippen LogP) is 0.809. The van der Waals surface area contributed by atoms with Crippen molar-refractivity contribution in [3.63, 3.8) is 0 Å². The molecule has 1 atom stereocenters. The fourth-order valence-electron chi connectivity index (χ4n) is 2.10. The maximum atomic E-state index is 12.0. The fourth-order valence-corrected chi connectivity index (χ4v) is 2.10. The molecule has 1 aromatic rings. The summed E-state index contributed by atoms with van der Waals surface area (Å²) in [7, 11) is 0. The quantitative estimate of drug-likeness (QED) is 0.642. The Kier molecular flexibility index (Phi) is 4.96. The van der Waals surface area contributed by atoms with E-state index in [1.165, 1.54) is 0 Å². The molecule has 2 rings (SSSR count). The van der Waals surface area contributed by atoms with Gasteiger partial charge < -0.3 is 9.64 Å². The highest BCUT2D eigenvalue weighted by molar-refractivity contribution is 5.78. The number of hydrogen-bond donors (Lipinski definition) is 1. The molecule has 0 radical (unpaired) electrons. The Morgan fingerprint density at radius 1 is 1.47 bits per heavy atom. The van der Waals surface area contributed by atoms with E-state index in [1.807, 2.05) is 35.2 Å². The van der Waals surface area contributed by atoms with Gasteiger partial charge in [0.25, 0.3) is 0 Å². The number of ether oxygens (including phenoxy) is 1. The predicted molar refractivity (Wildman–Crippen MR) is 73.4 cm³/mol. The van der Waals surface area contributed by atoms with Crippen LogP contribution in [-0.2, 0) is 9.53 Å². The molecular formula is C15H18N2O2. The van der Waals surface area contributed by atoms with Gasteiger partial charge in [0.05, 0.1) is 26.2 Å². The Bertz CT molecular complexity index is 453. The first-order valence-electron chi connectivity index (χ1n) is 6.40. The molecule has 1 N–H and O–H groups in total. The van der Waals surface area contributed by atoms with Gasteiger partial charge >= 0.3 is 0 Å². The molecule has 4 heteroatoms. The second kappa shape index (κ2) is 6.93. The molecule has 0 saturated carbocycles. The lowest BCUT2D eigenvalue weighted by molar-refractivity contribution is -0.138. The van der Waals surface area contributed by atoms with Crippen LogP contribution in [0.25, 0.3) is 0 Å². The van der Waals surface area contributed by atoms with E-state index in [0.717, 1.165) is 5.56 Å². The van der Waals surface area contributed by atoms with E-state index in [0.29, 0.717) is 26.2 Å². The minimum atomic E-state index is -0.0356. The average molecular weight is 258 g/mol. The molecule has 0 aromatic heterocycles. The maximum absolute atomic E-state index is 12.0. The lowest BCUT2D eigenvalue weighted by atomic mass is 10.1. The Balaban J connectivity index is 1.90. The second-order valence-corrected chi connectivity index (χ2v) is 4.42. The average Bonchev–Trinajstić information content (AvgIpc) is 2.48. The van der Waals surface area contributed by atoms with Gasteiger partial charge in [0.15, 0.2) is 0 Å². The van der Waals surface area contributed by atoms with E-state index < -0.39 is 0 Å². The summed E-state index contributed by atoms with van der Waals surface area (Å²) in [5.41, 5.74) is 1.11. The van der Waals surface area contributed by atoms with Crippen LogP contribution in [0, 0.1) is 12.3 Å². The van der Waals surface area contributed by atoms with Crippen LogP contribution < -0.4 is 5.32 Å². The van der Waals surface area contributed by atoms with Gasteiger partial charge in [0.2, 0.25) is 5.91 Å². The SMILES string of the molecule is C#CCNCC(=O)N1CCOC(c2ccccc2)C1. The molecule has 1 aliphatic rings. The summed E-state index contributed by atoms with van der Waals surface area (Å²) in [5, 5.41) is 2.92. The molecule has 1 aromatic carbocycles. The van der Waals surface area contributed by atoms with Gasteiger partial charge in [-0.15, -0.1) is 6.42 Å². The summed E-state index contributed by atoms with van der Waals surface area (Å²) in [6.45, 7) is 2.50. The molecule has 19 heavy (non-hydrogen) atoms. The molecular weight excluding hydrogens is 240 g/mol. The Morgan fingerprint density at radius 3 is 3.00 bits per heavy atom. The lowest BCUT2D eigenvalue weighted by Gasteiger charge is -2.33. The summed E-state index contributed by atoms with van der Waals surface area (Å²) < 4.78 is 5.72. The molecule has 100 valence electrons. The number of hydrogen-bond acceptors (Lipinski definition) is 3. The minimum absolute atomic E-state index is 0.0356. The number of benzene rings is 1. The first-order valence-corrected chi connectivity index (χ1v) is 6.40. The molecule has 1 saturated heterocycles. The van der Waals surface area contributed by atoms with Crippen LogP contribution in [0.5, 0.6) is 0 Å². The Morgan fingerprint density at radius 2 is 2.26 bits per heavy atom. The monoisotopic (exact) mass is 258 g/mol. The van der Waals surface area contributed by atoms with E-state index in [1.54, 1.807) is 0 Å². The minimum Gasteiger partial charge on any atom is -0.370 e. The van der Waals surface area contributed by atoms with Crippen molar-refractivity contribution < 1.29 is 9.53 Å². The van der Waals surface area contributed by atoms with Crippen LogP contribution in [0.15, 0.2) is 30.3 Å². The van der Waals surface area contributed by atoms with Crippen LogP contribution in [0.2, 0.25) is 0 Å². The Labute approximate surface area is 113 Å². The van der Waals surface area contributed by atoms with Crippen molar-refractivity contribution in [1.29, 1.82) is 0 Å². The van der Waals surface area contributed by atoms with Crippen molar-refractivity contribution >= 4 is 5.91 Å². The largest absolute Gasteiger partial charge is 0.370 e. The molecule has 1 heterocycles.